The number of ether oxygens (including phenoxy) is 3. The monoisotopic (exact) mass is 484 g/mol. The third-order valence-corrected chi connectivity index (χ3v) is 6.95. The zero-order valence-electron chi connectivity index (χ0n) is 19.5. The molecule has 2 heterocycles. The first-order valence-electron chi connectivity index (χ1n) is 11.0. The number of thiazole rings is 1. The fraction of sp³-hybridized carbons (Fsp3) is 0.375. The Labute approximate surface area is 202 Å². The van der Waals surface area contributed by atoms with Crippen LogP contribution in [-0.2, 0) is 4.74 Å². The van der Waals surface area contributed by atoms with Gasteiger partial charge in [-0.25, -0.2) is 9.78 Å². The number of hydrogen-bond donors (Lipinski definition) is 1. The number of hydrogen-bond acceptors (Lipinski definition) is 9. The van der Waals surface area contributed by atoms with E-state index in [1.54, 1.807) is 49.8 Å². The van der Waals surface area contributed by atoms with E-state index >= 15 is 0 Å². The molecule has 0 saturated carbocycles. The number of methoxy groups -OCH3 is 3. The SMILES string of the molecule is COC(=O)c1ccc(C(=O)NCCN2CCN(c3nc4c(OC)ccc(OC)c4s3)CC2)cc1. The second-order valence-electron chi connectivity index (χ2n) is 7.80. The van der Waals surface area contributed by atoms with Gasteiger partial charge in [0.1, 0.15) is 21.7 Å². The summed E-state index contributed by atoms with van der Waals surface area (Å²) in [6.45, 7) is 4.79. The summed E-state index contributed by atoms with van der Waals surface area (Å²) in [6, 6.07) is 10.2. The number of carbonyl (C=O) groups excluding carboxylic acids is 2. The maximum Gasteiger partial charge on any atom is 0.337 e. The molecule has 4 rings (SSSR count). The molecule has 9 nitrogen and oxygen atoms in total. The molecule has 34 heavy (non-hydrogen) atoms. The first kappa shape index (κ1) is 23.8. The molecule has 0 bridgehead atoms. The number of rotatable bonds is 8. The second kappa shape index (κ2) is 10.7. The second-order valence-corrected chi connectivity index (χ2v) is 8.78. The molecule has 1 fully saturated rings. The number of anilines is 1. The van der Waals surface area contributed by atoms with E-state index in [2.05, 4.69) is 19.9 Å². The van der Waals surface area contributed by atoms with E-state index in [9.17, 15) is 9.59 Å². The van der Waals surface area contributed by atoms with E-state index in [4.69, 9.17) is 14.5 Å². The molecule has 0 radical (unpaired) electrons. The maximum absolute atomic E-state index is 12.4. The fourth-order valence-electron chi connectivity index (χ4n) is 3.88. The number of benzene rings is 2. The summed E-state index contributed by atoms with van der Waals surface area (Å²) in [7, 11) is 4.64. The molecule has 180 valence electrons. The van der Waals surface area contributed by atoms with Crippen LogP contribution in [0.2, 0.25) is 0 Å². The van der Waals surface area contributed by atoms with Crippen molar-refractivity contribution in [2.45, 2.75) is 0 Å². The first-order chi connectivity index (χ1) is 16.5. The van der Waals surface area contributed by atoms with Gasteiger partial charge in [0.2, 0.25) is 0 Å². The van der Waals surface area contributed by atoms with E-state index in [-0.39, 0.29) is 5.91 Å². The quantitative estimate of drug-likeness (QED) is 0.488. The zero-order chi connectivity index (χ0) is 24.1. The minimum atomic E-state index is -0.421. The van der Waals surface area contributed by atoms with Gasteiger partial charge in [0.15, 0.2) is 5.13 Å². The highest BCUT2D eigenvalue weighted by atomic mass is 32.1. The first-order valence-corrected chi connectivity index (χ1v) is 11.8. The van der Waals surface area contributed by atoms with Gasteiger partial charge in [0, 0.05) is 44.8 Å². The van der Waals surface area contributed by atoms with Gasteiger partial charge >= 0.3 is 5.97 Å². The highest BCUT2D eigenvalue weighted by molar-refractivity contribution is 7.22. The molecule has 0 atom stereocenters. The number of fused-ring (bicyclic) bond motifs is 1. The van der Waals surface area contributed by atoms with Crippen LogP contribution in [0.1, 0.15) is 20.7 Å². The van der Waals surface area contributed by atoms with Crippen LogP contribution < -0.4 is 19.7 Å². The molecule has 10 heteroatoms. The number of carbonyl (C=O) groups is 2. The largest absolute Gasteiger partial charge is 0.495 e. The number of amides is 1. The van der Waals surface area contributed by atoms with Crippen molar-refractivity contribution in [1.82, 2.24) is 15.2 Å². The van der Waals surface area contributed by atoms with Crippen LogP contribution >= 0.6 is 11.3 Å². The van der Waals surface area contributed by atoms with Crippen molar-refractivity contribution in [3.8, 4) is 11.5 Å². The van der Waals surface area contributed by atoms with Gasteiger partial charge < -0.3 is 24.4 Å². The van der Waals surface area contributed by atoms with E-state index in [1.807, 2.05) is 12.1 Å². The average Bonchev–Trinajstić information content (AvgIpc) is 3.33. The summed E-state index contributed by atoms with van der Waals surface area (Å²) >= 11 is 1.61. The highest BCUT2D eigenvalue weighted by Crippen LogP contribution is 2.40. The molecule has 3 aromatic rings. The van der Waals surface area contributed by atoms with Gasteiger partial charge in [-0.15, -0.1) is 0 Å². The summed E-state index contributed by atoms with van der Waals surface area (Å²) < 4.78 is 16.6. The zero-order valence-corrected chi connectivity index (χ0v) is 20.3. The smallest absolute Gasteiger partial charge is 0.337 e. The predicted octanol–water partition coefficient (Wildman–Crippen LogP) is 2.65. The Balaban J connectivity index is 1.27. The molecule has 0 spiro atoms. The van der Waals surface area contributed by atoms with Crippen molar-refractivity contribution >= 4 is 38.6 Å². The van der Waals surface area contributed by atoms with Crippen molar-refractivity contribution in [3.05, 3.63) is 47.5 Å². The molecule has 1 aromatic heterocycles. The fourth-order valence-corrected chi connectivity index (χ4v) is 5.00. The van der Waals surface area contributed by atoms with Gasteiger partial charge in [0.25, 0.3) is 5.91 Å². The standard InChI is InChI=1S/C24H28N4O5S/c1-31-18-8-9-19(32-2)21-20(18)26-24(34-21)28-14-12-27(13-15-28)11-10-25-22(29)16-4-6-17(7-5-16)23(30)33-3/h4-9H,10-15H2,1-3H3,(H,25,29). The van der Waals surface area contributed by atoms with E-state index < -0.39 is 5.97 Å². The summed E-state index contributed by atoms with van der Waals surface area (Å²) in [4.78, 5) is 33.3. The minimum absolute atomic E-state index is 0.160. The van der Waals surface area contributed by atoms with Gasteiger partial charge in [0.05, 0.1) is 26.9 Å². The normalized spacial score (nSPS) is 14.1. The molecule has 0 unspecified atom stereocenters. The Morgan fingerprint density at radius 2 is 1.59 bits per heavy atom. The van der Waals surface area contributed by atoms with Crippen LogP contribution in [0.3, 0.4) is 0 Å². The maximum atomic E-state index is 12.4. The number of nitrogens with one attached hydrogen (secondary N) is 1. The lowest BCUT2D eigenvalue weighted by Gasteiger charge is -2.34. The van der Waals surface area contributed by atoms with Crippen LogP contribution in [-0.4, -0.2) is 82.4 Å². The third-order valence-electron chi connectivity index (χ3n) is 5.82. The molecule has 1 aliphatic rings. The lowest BCUT2D eigenvalue weighted by Crippen LogP contribution is -2.48. The van der Waals surface area contributed by atoms with E-state index in [0.717, 1.165) is 59.6 Å². The molecular formula is C24H28N4O5S. The Morgan fingerprint density at radius 1 is 0.941 bits per heavy atom. The third kappa shape index (κ3) is 5.07. The van der Waals surface area contributed by atoms with Crippen molar-refractivity contribution in [3.63, 3.8) is 0 Å². The predicted molar refractivity (Wildman–Crippen MR) is 131 cm³/mol. The Kier molecular flexibility index (Phi) is 7.49. The Morgan fingerprint density at radius 3 is 2.24 bits per heavy atom. The van der Waals surface area contributed by atoms with Gasteiger partial charge in [-0.1, -0.05) is 11.3 Å². The van der Waals surface area contributed by atoms with Crippen molar-refractivity contribution < 1.29 is 23.8 Å². The van der Waals surface area contributed by atoms with Gasteiger partial charge in [-0.2, -0.15) is 0 Å². The summed E-state index contributed by atoms with van der Waals surface area (Å²) in [6.07, 6.45) is 0. The van der Waals surface area contributed by atoms with Gasteiger partial charge in [-0.3, -0.25) is 9.69 Å². The lowest BCUT2D eigenvalue weighted by atomic mass is 10.1. The topological polar surface area (TPSA) is 93.2 Å². The van der Waals surface area contributed by atoms with Crippen molar-refractivity contribution in [1.29, 1.82) is 0 Å². The molecule has 1 saturated heterocycles. The molecule has 2 aromatic carbocycles. The van der Waals surface area contributed by atoms with Crippen LogP contribution in [0.15, 0.2) is 36.4 Å². The number of esters is 1. The Hall–Kier alpha value is -3.37. The minimum Gasteiger partial charge on any atom is -0.495 e. The summed E-state index contributed by atoms with van der Waals surface area (Å²) in [5.41, 5.74) is 1.76. The molecule has 0 aliphatic carbocycles. The molecule has 1 aliphatic heterocycles. The number of piperazine rings is 1. The van der Waals surface area contributed by atoms with Crippen molar-refractivity contribution in [2.24, 2.45) is 0 Å². The van der Waals surface area contributed by atoms with E-state index in [0.29, 0.717) is 17.7 Å². The summed E-state index contributed by atoms with van der Waals surface area (Å²) in [5.74, 6) is 0.962. The molecule has 1 N–H and O–H groups in total. The highest BCUT2D eigenvalue weighted by Gasteiger charge is 2.22. The van der Waals surface area contributed by atoms with Crippen LogP contribution in [0, 0.1) is 0 Å². The van der Waals surface area contributed by atoms with Crippen LogP contribution in [0.5, 0.6) is 11.5 Å². The van der Waals surface area contributed by atoms with Gasteiger partial charge in [-0.05, 0) is 36.4 Å². The van der Waals surface area contributed by atoms with Crippen LogP contribution in [0.4, 0.5) is 5.13 Å². The van der Waals surface area contributed by atoms with Crippen LogP contribution in [0.25, 0.3) is 10.2 Å². The lowest BCUT2D eigenvalue weighted by molar-refractivity contribution is 0.0600. The molecular weight excluding hydrogens is 456 g/mol. The van der Waals surface area contributed by atoms with Crippen molar-refractivity contribution in [2.75, 3.05) is 65.5 Å². The number of aromatic nitrogens is 1. The molecule has 1 amide bonds. The Bertz CT molecular complexity index is 1120. The summed E-state index contributed by atoms with van der Waals surface area (Å²) in [5, 5.41) is 3.91. The number of nitrogens with zero attached hydrogens (tertiary/aromatic N) is 3. The average molecular weight is 485 g/mol. The van der Waals surface area contributed by atoms with E-state index in [1.165, 1.54) is 7.11 Å².